The lowest BCUT2D eigenvalue weighted by Gasteiger charge is -2.32. The first-order chi connectivity index (χ1) is 14.5. The van der Waals surface area contributed by atoms with Crippen LogP contribution in [-0.2, 0) is 26.2 Å². The topological polar surface area (TPSA) is 86.8 Å². The molecule has 0 saturated carbocycles. The fourth-order valence-corrected chi connectivity index (χ4v) is 4.58. The van der Waals surface area contributed by atoms with Gasteiger partial charge >= 0.3 is 0 Å². The zero-order valence-corrected chi connectivity index (χ0v) is 19.9. The highest BCUT2D eigenvalue weighted by molar-refractivity contribution is 7.92. The summed E-state index contributed by atoms with van der Waals surface area (Å²) in [6.07, 6.45) is 1.07. The van der Waals surface area contributed by atoms with Gasteiger partial charge in [0.1, 0.15) is 12.6 Å². The number of rotatable bonds is 8. The molecule has 0 bridgehead atoms. The Balaban J connectivity index is 2.45. The van der Waals surface area contributed by atoms with E-state index in [1.54, 1.807) is 57.2 Å². The van der Waals surface area contributed by atoms with Crippen molar-refractivity contribution in [1.82, 2.24) is 10.2 Å². The summed E-state index contributed by atoms with van der Waals surface area (Å²) in [5, 5.41) is 3.05. The van der Waals surface area contributed by atoms with E-state index in [1.807, 2.05) is 6.07 Å². The predicted molar refractivity (Wildman–Crippen MR) is 124 cm³/mol. The Morgan fingerprint density at radius 3 is 2.19 bits per heavy atom. The minimum atomic E-state index is -3.76. The van der Waals surface area contributed by atoms with Crippen LogP contribution in [0.4, 0.5) is 5.69 Å². The summed E-state index contributed by atoms with van der Waals surface area (Å²) in [7, 11) is -2.27. The van der Waals surface area contributed by atoms with Gasteiger partial charge in [-0.05, 0) is 49.6 Å². The highest BCUT2D eigenvalue weighted by atomic mass is 35.5. The van der Waals surface area contributed by atoms with Crippen molar-refractivity contribution >= 4 is 39.1 Å². The molecule has 168 valence electrons. The monoisotopic (exact) mass is 465 g/mol. The first-order valence-corrected chi connectivity index (χ1v) is 12.0. The van der Waals surface area contributed by atoms with E-state index >= 15 is 0 Å². The van der Waals surface area contributed by atoms with Crippen molar-refractivity contribution in [2.24, 2.45) is 0 Å². The summed E-state index contributed by atoms with van der Waals surface area (Å²) >= 11 is 6.07. The molecule has 2 aromatic rings. The number of hydrogen-bond acceptors (Lipinski definition) is 4. The van der Waals surface area contributed by atoms with E-state index < -0.39 is 28.5 Å². The van der Waals surface area contributed by atoms with Crippen LogP contribution in [-0.4, -0.2) is 51.0 Å². The fraction of sp³-hybridized carbons (Fsp3) is 0.364. The van der Waals surface area contributed by atoms with Crippen LogP contribution in [0.15, 0.2) is 42.5 Å². The first-order valence-electron chi connectivity index (χ1n) is 9.75. The molecule has 0 saturated heterocycles. The number of anilines is 1. The first kappa shape index (κ1) is 24.7. The summed E-state index contributed by atoms with van der Waals surface area (Å²) < 4.78 is 26.3. The highest BCUT2D eigenvalue weighted by Crippen LogP contribution is 2.27. The van der Waals surface area contributed by atoms with Gasteiger partial charge in [-0.15, -0.1) is 0 Å². The summed E-state index contributed by atoms with van der Waals surface area (Å²) in [6, 6.07) is 11.6. The molecule has 31 heavy (non-hydrogen) atoms. The lowest BCUT2D eigenvalue weighted by molar-refractivity contribution is -0.139. The number of para-hydroxylation sites is 1. The van der Waals surface area contributed by atoms with Crippen LogP contribution in [0.3, 0.4) is 0 Å². The minimum absolute atomic E-state index is 0.109. The summed E-state index contributed by atoms with van der Waals surface area (Å²) in [5.74, 6) is -0.850. The molecule has 9 heteroatoms. The van der Waals surface area contributed by atoms with Gasteiger partial charge in [0.15, 0.2) is 0 Å². The Kier molecular flexibility index (Phi) is 8.08. The Bertz CT molecular complexity index is 1050. The molecule has 0 unspecified atom stereocenters. The number of likely N-dealkylation sites (N-methyl/N-ethyl adjacent to an activating group) is 1. The summed E-state index contributed by atoms with van der Waals surface area (Å²) in [5.41, 5.74) is 2.67. The minimum Gasteiger partial charge on any atom is -0.357 e. The van der Waals surface area contributed by atoms with Gasteiger partial charge in [0.2, 0.25) is 21.8 Å². The SMILES string of the molecule is CNC(=O)[C@@H](C)N(Cc1cccc(Cl)c1)C(=O)CN(c1c(C)cccc1C)S(C)(=O)=O. The van der Waals surface area contributed by atoms with Crippen LogP contribution in [0.25, 0.3) is 0 Å². The Labute approximate surface area is 189 Å². The second-order valence-corrected chi connectivity index (χ2v) is 9.80. The van der Waals surface area contributed by atoms with Crippen molar-refractivity contribution in [2.75, 3.05) is 24.2 Å². The van der Waals surface area contributed by atoms with E-state index in [2.05, 4.69) is 5.32 Å². The van der Waals surface area contributed by atoms with Crippen LogP contribution in [0.1, 0.15) is 23.6 Å². The van der Waals surface area contributed by atoms with E-state index in [0.717, 1.165) is 27.3 Å². The third-order valence-corrected chi connectivity index (χ3v) is 6.37. The number of sulfonamides is 1. The van der Waals surface area contributed by atoms with Crippen molar-refractivity contribution in [1.29, 1.82) is 0 Å². The van der Waals surface area contributed by atoms with E-state index in [-0.39, 0.29) is 12.5 Å². The van der Waals surface area contributed by atoms with Crippen molar-refractivity contribution in [3.05, 3.63) is 64.2 Å². The van der Waals surface area contributed by atoms with Gasteiger partial charge in [-0.2, -0.15) is 0 Å². The third-order valence-electron chi connectivity index (χ3n) is 5.02. The molecule has 2 amide bonds. The Morgan fingerprint density at radius 2 is 1.68 bits per heavy atom. The average molecular weight is 466 g/mol. The number of aryl methyl sites for hydroxylation is 2. The maximum atomic E-state index is 13.4. The van der Waals surface area contributed by atoms with Gasteiger partial charge in [0.05, 0.1) is 11.9 Å². The molecule has 7 nitrogen and oxygen atoms in total. The van der Waals surface area contributed by atoms with E-state index in [9.17, 15) is 18.0 Å². The fourth-order valence-electron chi connectivity index (χ4n) is 3.40. The van der Waals surface area contributed by atoms with Crippen LogP contribution >= 0.6 is 11.6 Å². The molecular weight excluding hydrogens is 438 g/mol. The zero-order valence-electron chi connectivity index (χ0n) is 18.3. The second-order valence-electron chi connectivity index (χ2n) is 7.45. The molecular formula is C22H28ClN3O4S. The molecule has 1 N–H and O–H groups in total. The zero-order chi connectivity index (χ0) is 23.3. The van der Waals surface area contributed by atoms with Gasteiger partial charge in [-0.3, -0.25) is 13.9 Å². The molecule has 0 radical (unpaired) electrons. The van der Waals surface area contributed by atoms with Crippen LogP contribution in [0.5, 0.6) is 0 Å². The molecule has 1 atom stereocenters. The van der Waals surface area contributed by atoms with Crippen molar-refractivity contribution in [3.8, 4) is 0 Å². The number of benzene rings is 2. The van der Waals surface area contributed by atoms with Crippen molar-refractivity contribution < 1.29 is 18.0 Å². The number of hydrogen-bond donors (Lipinski definition) is 1. The predicted octanol–water partition coefficient (Wildman–Crippen LogP) is 2.89. The summed E-state index contributed by atoms with van der Waals surface area (Å²) in [4.78, 5) is 27.0. The maximum Gasteiger partial charge on any atom is 0.244 e. The number of nitrogens with one attached hydrogen (secondary N) is 1. The lowest BCUT2D eigenvalue weighted by atomic mass is 10.1. The molecule has 0 aliphatic rings. The highest BCUT2D eigenvalue weighted by Gasteiger charge is 2.30. The maximum absolute atomic E-state index is 13.4. The van der Waals surface area contributed by atoms with Crippen LogP contribution in [0.2, 0.25) is 5.02 Å². The lowest BCUT2D eigenvalue weighted by Crippen LogP contribution is -2.50. The molecule has 0 fully saturated rings. The summed E-state index contributed by atoms with van der Waals surface area (Å²) in [6.45, 7) is 4.87. The Morgan fingerprint density at radius 1 is 1.10 bits per heavy atom. The van der Waals surface area contributed by atoms with E-state index in [1.165, 1.54) is 11.9 Å². The third kappa shape index (κ3) is 6.21. The number of amides is 2. The van der Waals surface area contributed by atoms with Gasteiger partial charge in [-0.25, -0.2) is 8.42 Å². The van der Waals surface area contributed by atoms with E-state index in [0.29, 0.717) is 10.7 Å². The molecule has 0 aromatic heterocycles. The normalized spacial score (nSPS) is 12.2. The molecule has 0 heterocycles. The van der Waals surface area contributed by atoms with Crippen molar-refractivity contribution in [3.63, 3.8) is 0 Å². The average Bonchev–Trinajstić information content (AvgIpc) is 2.69. The standard InChI is InChI=1S/C22H28ClN3O4S/c1-15-8-6-9-16(2)21(15)26(31(5,29)30)14-20(27)25(17(3)22(28)24-4)13-18-10-7-11-19(23)12-18/h6-12,17H,13-14H2,1-5H3,(H,24,28)/t17-/m1/s1. The largest absolute Gasteiger partial charge is 0.357 e. The van der Waals surface area contributed by atoms with Crippen LogP contribution < -0.4 is 9.62 Å². The molecule has 0 spiro atoms. The van der Waals surface area contributed by atoms with E-state index in [4.69, 9.17) is 11.6 Å². The van der Waals surface area contributed by atoms with Gasteiger partial charge in [0.25, 0.3) is 0 Å². The molecule has 2 aromatic carbocycles. The van der Waals surface area contributed by atoms with Gasteiger partial charge in [-0.1, -0.05) is 41.9 Å². The van der Waals surface area contributed by atoms with Gasteiger partial charge in [0, 0.05) is 18.6 Å². The quantitative estimate of drug-likeness (QED) is 0.649. The van der Waals surface area contributed by atoms with Crippen molar-refractivity contribution in [2.45, 2.75) is 33.4 Å². The number of carbonyl (C=O) groups excluding carboxylic acids is 2. The van der Waals surface area contributed by atoms with Gasteiger partial charge < -0.3 is 10.2 Å². The molecule has 0 aliphatic carbocycles. The molecule has 0 aliphatic heterocycles. The number of halogens is 1. The second kappa shape index (κ2) is 10.2. The smallest absolute Gasteiger partial charge is 0.244 e. The number of nitrogens with zero attached hydrogens (tertiary/aromatic N) is 2. The molecule has 2 rings (SSSR count). The number of carbonyl (C=O) groups is 2. The van der Waals surface area contributed by atoms with Crippen LogP contribution in [0, 0.1) is 13.8 Å². The Hall–Kier alpha value is -2.58.